The number of nitrogens with zero attached hydrogens (tertiary/aromatic N) is 1. The van der Waals surface area contributed by atoms with Gasteiger partial charge < -0.3 is 5.32 Å². The van der Waals surface area contributed by atoms with Crippen molar-refractivity contribution in [1.82, 2.24) is 5.32 Å². The molecule has 1 saturated carbocycles. The Morgan fingerprint density at radius 3 is 2.62 bits per heavy atom. The highest BCUT2D eigenvalue weighted by molar-refractivity contribution is 5.78. The van der Waals surface area contributed by atoms with Gasteiger partial charge in [-0.25, -0.2) is 0 Å². The van der Waals surface area contributed by atoms with Gasteiger partial charge in [-0.05, 0) is 31.6 Å². The first kappa shape index (κ1) is 10.0. The van der Waals surface area contributed by atoms with Gasteiger partial charge in [-0.3, -0.25) is 4.79 Å². The summed E-state index contributed by atoms with van der Waals surface area (Å²) in [7, 11) is 0. The molecule has 0 saturated heterocycles. The van der Waals surface area contributed by atoms with E-state index in [2.05, 4.69) is 12.2 Å². The van der Waals surface area contributed by atoms with Crippen LogP contribution in [0.3, 0.4) is 0 Å². The van der Waals surface area contributed by atoms with Crippen LogP contribution in [0.25, 0.3) is 0 Å². The van der Waals surface area contributed by atoms with Crippen molar-refractivity contribution in [3.63, 3.8) is 0 Å². The summed E-state index contributed by atoms with van der Waals surface area (Å²) in [6.45, 7) is 2.24. The molecule has 0 bridgehead atoms. The lowest BCUT2D eigenvalue weighted by molar-refractivity contribution is -0.121. The molecular weight excluding hydrogens is 164 g/mol. The van der Waals surface area contributed by atoms with Gasteiger partial charge in [0.15, 0.2) is 0 Å². The SMILES string of the molecule is CC1CCC(NC(=O)CC#N)CC1. The molecule has 1 rings (SSSR count). The first-order valence-corrected chi connectivity index (χ1v) is 4.88. The fourth-order valence-corrected chi connectivity index (χ4v) is 1.75. The molecule has 1 aliphatic rings. The van der Waals surface area contributed by atoms with E-state index in [-0.39, 0.29) is 12.3 Å². The van der Waals surface area contributed by atoms with E-state index in [0.717, 1.165) is 18.8 Å². The lowest BCUT2D eigenvalue weighted by atomic mass is 9.87. The van der Waals surface area contributed by atoms with Crippen molar-refractivity contribution in [2.24, 2.45) is 5.92 Å². The summed E-state index contributed by atoms with van der Waals surface area (Å²) in [5.41, 5.74) is 0. The molecule has 0 spiro atoms. The number of rotatable bonds is 2. The molecule has 0 aromatic heterocycles. The first-order valence-electron chi connectivity index (χ1n) is 4.88. The Morgan fingerprint density at radius 1 is 1.46 bits per heavy atom. The van der Waals surface area contributed by atoms with Crippen LogP contribution in [0.2, 0.25) is 0 Å². The van der Waals surface area contributed by atoms with E-state index in [1.807, 2.05) is 6.07 Å². The molecule has 72 valence electrons. The van der Waals surface area contributed by atoms with Gasteiger partial charge >= 0.3 is 0 Å². The van der Waals surface area contributed by atoms with E-state index in [0.29, 0.717) is 6.04 Å². The molecule has 0 unspecified atom stereocenters. The molecule has 1 fully saturated rings. The smallest absolute Gasteiger partial charge is 0.234 e. The van der Waals surface area contributed by atoms with E-state index < -0.39 is 0 Å². The molecular formula is C10H16N2O. The third kappa shape index (κ3) is 3.45. The van der Waals surface area contributed by atoms with Gasteiger partial charge in [0.2, 0.25) is 5.91 Å². The van der Waals surface area contributed by atoms with Crippen molar-refractivity contribution in [2.75, 3.05) is 0 Å². The maximum atomic E-state index is 11.1. The van der Waals surface area contributed by atoms with Crippen molar-refractivity contribution < 1.29 is 4.79 Å². The second-order valence-electron chi connectivity index (χ2n) is 3.86. The van der Waals surface area contributed by atoms with Gasteiger partial charge in [0, 0.05) is 6.04 Å². The van der Waals surface area contributed by atoms with Crippen LogP contribution in [0.15, 0.2) is 0 Å². The van der Waals surface area contributed by atoms with Crippen LogP contribution in [0, 0.1) is 17.2 Å². The Hall–Kier alpha value is -1.04. The van der Waals surface area contributed by atoms with Crippen LogP contribution in [0.4, 0.5) is 0 Å². The fourth-order valence-electron chi connectivity index (χ4n) is 1.75. The van der Waals surface area contributed by atoms with Gasteiger partial charge in [-0.15, -0.1) is 0 Å². The Bertz CT molecular complexity index is 211. The van der Waals surface area contributed by atoms with E-state index in [1.165, 1.54) is 12.8 Å². The highest BCUT2D eigenvalue weighted by Crippen LogP contribution is 2.23. The molecule has 0 heterocycles. The molecule has 3 nitrogen and oxygen atoms in total. The number of carbonyl (C=O) groups excluding carboxylic acids is 1. The standard InChI is InChI=1S/C10H16N2O/c1-8-2-4-9(5-3-8)12-10(13)6-7-11/h8-9H,2-6H2,1H3,(H,12,13). The quantitative estimate of drug-likeness (QED) is 0.701. The molecule has 0 aliphatic heterocycles. The average molecular weight is 180 g/mol. The Morgan fingerprint density at radius 2 is 2.08 bits per heavy atom. The Labute approximate surface area is 79.1 Å². The van der Waals surface area contributed by atoms with E-state index in [9.17, 15) is 4.79 Å². The van der Waals surface area contributed by atoms with E-state index in [1.54, 1.807) is 0 Å². The molecule has 13 heavy (non-hydrogen) atoms. The maximum Gasteiger partial charge on any atom is 0.234 e. The van der Waals surface area contributed by atoms with Crippen molar-refractivity contribution in [3.05, 3.63) is 0 Å². The van der Waals surface area contributed by atoms with Gasteiger partial charge in [-0.1, -0.05) is 6.92 Å². The summed E-state index contributed by atoms with van der Waals surface area (Å²) < 4.78 is 0. The van der Waals surface area contributed by atoms with Gasteiger partial charge in [0.1, 0.15) is 6.42 Å². The predicted molar refractivity (Wildman–Crippen MR) is 49.8 cm³/mol. The Balaban J connectivity index is 2.23. The number of carbonyl (C=O) groups is 1. The lowest BCUT2D eigenvalue weighted by Gasteiger charge is -2.26. The minimum Gasteiger partial charge on any atom is -0.352 e. The third-order valence-electron chi connectivity index (χ3n) is 2.62. The number of amides is 1. The molecule has 0 aromatic carbocycles. The summed E-state index contributed by atoms with van der Waals surface area (Å²) in [4.78, 5) is 11.1. The van der Waals surface area contributed by atoms with Crippen molar-refractivity contribution in [3.8, 4) is 6.07 Å². The second-order valence-corrected chi connectivity index (χ2v) is 3.86. The summed E-state index contributed by atoms with van der Waals surface area (Å²) in [6.07, 6.45) is 4.51. The van der Waals surface area contributed by atoms with Crippen LogP contribution in [0.1, 0.15) is 39.0 Å². The number of hydrogen-bond donors (Lipinski definition) is 1. The van der Waals surface area contributed by atoms with Crippen LogP contribution >= 0.6 is 0 Å². The van der Waals surface area contributed by atoms with E-state index >= 15 is 0 Å². The topological polar surface area (TPSA) is 52.9 Å². The van der Waals surface area contributed by atoms with Crippen molar-refractivity contribution >= 4 is 5.91 Å². The minimum atomic E-state index is -0.123. The zero-order chi connectivity index (χ0) is 9.68. The zero-order valence-electron chi connectivity index (χ0n) is 8.05. The van der Waals surface area contributed by atoms with Crippen molar-refractivity contribution in [1.29, 1.82) is 5.26 Å². The number of nitriles is 1. The van der Waals surface area contributed by atoms with E-state index in [4.69, 9.17) is 5.26 Å². The van der Waals surface area contributed by atoms with Crippen molar-refractivity contribution in [2.45, 2.75) is 45.1 Å². The van der Waals surface area contributed by atoms with Crippen LogP contribution in [-0.2, 0) is 4.79 Å². The average Bonchev–Trinajstić information content (AvgIpc) is 2.09. The normalized spacial score (nSPS) is 27.7. The largest absolute Gasteiger partial charge is 0.352 e. The highest BCUT2D eigenvalue weighted by atomic mass is 16.1. The molecule has 1 aliphatic carbocycles. The van der Waals surface area contributed by atoms with Gasteiger partial charge in [-0.2, -0.15) is 5.26 Å². The Kier molecular flexibility index (Phi) is 3.75. The summed E-state index contributed by atoms with van der Waals surface area (Å²) in [5, 5.41) is 11.2. The van der Waals surface area contributed by atoms with Crippen LogP contribution < -0.4 is 5.32 Å². The minimum absolute atomic E-state index is 0.00788. The summed E-state index contributed by atoms with van der Waals surface area (Å²) in [5.74, 6) is 0.672. The molecule has 0 atom stereocenters. The predicted octanol–water partition coefficient (Wildman–Crippen LogP) is 1.59. The molecule has 1 amide bonds. The lowest BCUT2D eigenvalue weighted by Crippen LogP contribution is -2.37. The molecule has 3 heteroatoms. The van der Waals surface area contributed by atoms with Crippen LogP contribution in [-0.4, -0.2) is 11.9 Å². The number of nitrogens with one attached hydrogen (secondary N) is 1. The summed E-state index contributed by atoms with van der Waals surface area (Å²) >= 11 is 0. The molecule has 1 N–H and O–H groups in total. The number of hydrogen-bond acceptors (Lipinski definition) is 2. The second kappa shape index (κ2) is 4.86. The monoisotopic (exact) mass is 180 g/mol. The first-order chi connectivity index (χ1) is 6.22. The fraction of sp³-hybridized carbons (Fsp3) is 0.800. The molecule has 0 radical (unpaired) electrons. The maximum absolute atomic E-state index is 11.1. The summed E-state index contributed by atoms with van der Waals surface area (Å²) in [6, 6.07) is 2.17. The van der Waals surface area contributed by atoms with Gasteiger partial charge in [0.25, 0.3) is 0 Å². The zero-order valence-corrected chi connectivity index (χ0v) is 8.05. The van der Waals surface area contributed by atoms with Gasteiger partial charge in [0.05, 0.1) is 6.07 Å². The molecule has 0 aromatic rings. The third-order valence-corrected chi connectivity index (χ3v) is 2.62. The van der Waals surface area contributed by atoms with Crippen LogP contribution in [0.5, 0.6) is 0 Å². The highest BCUT2D eigenvalue weighted by Gasteiger charge is 2.19.